The summed E-state index contributed by atoms with van der Waals surface area (Å²) < 4.78 is 5.66. The van der Waals surface area contributed by atoms with E-state index in [1.165, 1.54) is 43.3 Å². The van der Waals surface area contributed by atoms with E-state index in [2.05, 4.69) is 0 Å². The molecule has 8 heteroatoms. The second-order valence-corrected chi connectivity index (χ2v) is 6.61. The number of hydrogen-bond donors (Lipinski definition) is 0. The van der Waals surface area contributed by atoms with E-state index in [0.29, 0.717) is 22.7 Å². The van der Waals surface area contributed by atoms with Gasteiger partial charge in [0.25, 0.3) is 17.5 Å². The fraction of sp³-hybridized carbons (Fsp3) is 0.0455. The summed E-state index contributed by atoms with van der Waals surface area (Å²) in [5.74, 6) is -0.407. The predicted octanol–water partition coefficient (Wildman–Crippen LogP) is 4.39. The highest BCUT2D eigenvalue weighted by Gasteiger charge is 2.37. The van der Waals surface area contributed by atoms with Crippen molar-refractivity contribution in [1.29, 1.82) is 0 Å². The largest absolute Gasteiger partial charge is 0.457 e. The summed E-state index contributed by atoms with van der Waals surface area (Å²) in [6.45, 7) is 1.43. The molecule has 1 aliphatic rings. The average molecular weight is 402 g/mol. The van der Waals surface area contributed by atoms with Gasteiger partial charge in [0.05, 0.1) is 21.7 Å². The molecular formula is C22H14N2O6. The molecule has 0 atom stereocenters. The van der Waals surface area contributed by atoms with Crippen molar-refractivity contribution in [1.82, 2.24) is 0 Å². The van der Waals surface area contributed by atoms with Gasteiger partial charge in [-0.25, -0.2) is 4.90 Å². The summed E-state index contributed by atoms with van der Waals surface area (Å²) in [7, 11) is 0. The number of ketones is 1. The molecule has 1 heterocycles. The zero-order chi connectivity index (χ0) is 21.4. The number of non-ortho nitro benzene ring substituents is 1. The summed E-state index contributed by atoms with van der Waals surface area (Å²) in [6, 6.07) is 16.2. The molecule has 3 aromatic carbocycles. The van der Waals surface area contributed by atoms with Crippen LogP contribution in [-0.2, 0) is 0 Å². The van der Waals surface area contributed by atoms with Gasteiger partial charge in [-0.05, 0) is 61.5 Å². The maximum absolute atomic E-state index is 12.9. The third-order valence-electron chi connectivity index (χ3n) is 4.67. The van der Waals surface area contributed by atoms with Gasteiger partial charge >= 0.3 is 0 Å². The third-order valence-corrected chi connectivity index (χ3v) is 4.67. The Morgan fingerprint density at radius 1 is 0.867 bits per heavy atom. The van der Waals surface area contributed by atoms with Gasteiger partial charge in [-0.3, -0.25) is 24.5 Å². The number of imide groups is 1. The van der Waals surface area contributed by atoms with Crippen molar-refractivity contribution in [2.24, 2.45) is 0 Å². The molecule has 0 aromatic heterocycles. The number of carbonyl (C=O) groups is 3. The molecule has 0 saturated carbocycles. The second-order valence-electron chi connectivity index (χ2n) is 6.61. The van der Waals surface area contributed by atoms with Crippen LogP contribution in [-0.4, -0.2) is 22.5 Å². The highest BCUT2D eigenvalue weighted by Crippen LogP contribution is 2.32. The zero-order valence-electron chi connectivity index (χ0n) is 15.7. The van der Waals surface area contributed by atoms with Gasteiger partial charge in [-0.1, -0.05) is 0 Å². The third kappa shape index (κ3) is 3.30. The smallest absolute Gasteiger partial charge is 0.269 e. The standard InChI is InChI=1S/C22H14N2O6/c1-13(25)14-2-4-15(5-3-14)23-21(26)19-11-10-18(12-20(19)22(23)27)30-17-8-6-16(7-9-17)24(28)29/h2-12H,1H3. The maximum Gasteiger partial charge on any atom is 0.269 e. The molecule has 0 bridgehead atoms. The second kappa shape index (κ2) is 7.25. The minimum absolute atomic E-state index is 0.0662. The molecule has 0 unspecified atom stereocenters. The van der Waals surface area contributed by atoms with Crippen LogP contribution in [0, 0.1) is 10.1 Å². The summed E-state index contributed by atoms with van der Waals surface area (Å²) in [5.41, 5.74) is 1.21. The van der Waals surface area contributed by atoms with Crippen LogP contribution in [0.5, 0.6) is 11.5 Å². The van der Waals surface area contributed by atoms with E-state index in [4.69, 9.17) is 4.74 Å². The van der Waals surface area contributed by atoms with E-state index in [-0.39, 0.29) is 22.6 Å². The zero-order valence-corrected chi connectivity index (χ0v) is 15.7. The number of Topliss-reactive ketones (excluding diaryl/α,β-unsaturated/α-hetero) is 1. The van der Waals surface area contributed by atoms with E-state index in [1.807, 2.05) is 0 Å². The molecule has 3 aromatic rings. The number of fused-ring (bicyclic) bond motifs is 1. The molecule has 0 saturated heterocycles. The Kier molecular flexibility index (Phi) is 4.59. The fourth-order valence-electron chi connectivity index (χ4n) is 3.14. The quantitative estimate of drug-likeness (QED) is 0.271. The number of rotatable bonds is 5. The Balaban J connectivity index is 1.60. The van der Waals surface area contributed by atoms with Crippen molar-refractivity contribution in [3.63, 3.8) is 0 Å². The molecule has 148 valence electrons. The molecule has 0 spiro atoms. The van der Waals surface area contributed by atoms with Gasteiger partial charge in [0.2, 0.25) is 0 Å². The molecule has 1 aliphatic heterocycles. The van der Waals surface area contributed by atoms with Crippen LogP contribution in [0.1, 0.15) is 38.0 Å². The molecular weight excluding hydrogens is 388 g/mol. The van der Waals surface area contributed by atoms with Crippen molar-refractivity contribution >= 4 is 29.0 Å². The molecule has 4 rings (SSSR count). The predicted molar refractivity (Wildman–Crippen MR) is 107 cm³/mol. The Morgan fingerprint density at radius 3 is 2.07 bits per heavy atom. The van der Waals surface area contributed by atoms with E-state index in [1.54, 1.807) is 30.3 Å². The van der Waals surface area contributed by atoms with Gasteiger partial charge in [0.1, 0.15) is 11.5 Å². The van der Waals surface area contributed by atoms with Gasteiger partial charge in [0.15, 0.2) is 5.78 Å². The molecule has 0 radical (unpaired) electrons. The highest BCUT2D eigenvalue weighted by molar-refractivity contribution is 6.34. The molecule has 30 heavy (non-hydrogen) atoms. The Labute approximate surface area is 170 Å². The molecule has 0 aliphatic carbocycles. The van der Waals surface area contributed by atoms with Gasteiger partial charge < -0.3 is 4.74 Å². The number of carbonyl (C=O) groups excluding carboxylic acids is 3. The Hall–Kier alpha value is -4.33. The minimum atomic E-state index is -0.513. The first-order valence-corrected chi connectivity index (χ1v) is 8.91. The monoisotopic (exact) mass is 402 g/mol. The first kappa shape index (κ1) is 19.0. The lowest BCUT2D eigenvalue weighted by Crippen LogP contribution is -2.29. The van der Waals surface area contributed by atoms with Gasteiger partial charge in [-0.15, -0.1) is 0 Å². The first-order chi connectivity index (χ1) is 14.3. The van der Waals surface area contributed by atoms with Gasteiger partial charge in [-0.2, -0.15) is 0 Å². The summed E-state index contributed by atoms with van der Waals surface area (Å²) in [4.78, 5) is 48.3. The van der Waals surface area contributed by atoms with E-state index < -0.39 is 16.7 Å². The van der Waals surface area contributed by atoms with Crippen molar-refractivity contribution < 1.29 is 24.0 Å². The van der Waals surface area contributed by atoms with Crippen molar-refractivity contribution in [2.75, 3.05) is 4.90 Å². The van der Waals surface area contributed by atoms with Crippen LogP contribution in [0.15, 0.2) is 66.7 Å². The normalized spacial score (nSPS) is 12.6. The van der Waals surface area contributed by atoms with E-state index in [0.717, 1.165) is 4.90 Å². The lowest BCUT2D eigenvalue weighted by molar-refractivity contribution is -0.384. The summed E-state index contributed by atoms with van der Waals surface area (Å²) >= 11 is 0. The first-order valence-electron chi connectivity index (χ1n) is 8.91. The topological polar surface area (TPSA) is 107 Å². The van der Waals surface area contributed by atoms with Crippen LogP contribution in [0.4, 0.5) is 11.4 Å². The number of ether oxygens (including phenoxy) is 1. The Morgan fingerprint density at radius 2 is 1.47 bits per heavy atom. The molecule has 0 N–H and O–H groups in total. The number of nitro benzene ring substituents is 1. The van der Waals surface area contributed by atoms with Crippen LogP contribution in [0.25, 0.3) is 0 Å². The number of amides is 2. The minimum Gasteiger partial charge on any atom is -0.457 e. The van der Waals surface area contributed by atoms with Crippen LogP contribution in [0.2, 0.25) is 0 Å². The van der Waals surface area contributed by atoms with Crippen LogP contribution >= 0.6 is 0 Å². The van der Waals surface area contributed by atoms with Crippen LogP contribution in [0.3, 0.4) is 0 Å². The maximum atomic E-state index is 12.9. The number of benzene rings is 3. The van der Waals surface area contributed by atoms with Gasteiger partial charge in [0, 0.05) is 17.7 Å². The number of anilines is 1. The van der Waals surface area contributed by atoms with E-state index >= 15 is 0 Å². The number of nitrogens with zero attached hydrogens (tertiary/aromatic N) is 2. The lowest BCUT2D eigenvalue weighted by Gasteiger charge is -2.13. The van der Waals surface area contributed by atoms with Crippen LogP contribution < -0.4 is 9.64 Å². The van der Waals surface area contributed by atoms with Crippen molar-refractivity contribution in [3.8, 4) is 11.5 Å². The van der Waals surface area contributed by atoms with Crippen molar-refractivity contribution in [3.05, 3.63) is 93.5 Å². The number of nitro groups is 1. The molecule has 8 nitrogen and oxygen atoms in total. The summed E-state index contributed by atoms with van der Waals surface area (Å²) in [6.07, 6.45) is 0. The SMILES string of the molecule is CC(=O)c1ccc(N2C(=O)c3ccc(Oc4ccc([N+](=O)[O-])cc4)cc3C2=O)cc1. The lowest BCUT2D eigenvalue weighted by atomic mass is 10.1. The average Bonchev–Trinajstić information content (AvgIpc) is 2.98. The van der Waals surface area contributed by atoms with Crippen molar-refractivity contribution in [2.45, 2.75) is 6.92 Å². The highest BCUT2D eigenvalue weighted by atomic mass is 16.6. The molecule has 0 fully saturated rings. The Bertz CT molecular complexity index is 1200. The summed E-state index contributed by atoms with van der Waals surface area (Å²) in [5, 5.41) is 10.7. The molecule has 2 amide bonds. The number of hydrogen-bond acceptors (Lipinski definition) is 6. The fourth-order valence-corrected chi connectivity index (χ4v) is 3.14. The van der Waals surface area contributed by atoms with E-state index in [9.17, 15) is 24.5 Å².